The summed E-state index contributed by atoms with van der Waals surface area (Å²) in [5, 5.41) is 4.26. The van der Waals surface area contributed by atoms with Crippen molar-refractivity contribution >= 4 is 22.8 Å². The Labute approximate surface area is 96.2 Å². The minimum Gasteiger partial charge on any atom is -0.382 e. The van der Waals surface area contributed by atoms with Gasteiger partial charge in [-0.15, -0.1) is 0 Å². The van der Waals surface area contributed by atoms with Gasteiger partial charge in [0.15, 0.2) is 5.65 Å². The van der Waals surface area contributed by atoms with Crippen molar-refractivity contribution in [1.29, 1.82) is 0 Å². The summed E-state index contributed by atoms with van der Waals surface area (Å²) in [5.74, 6) is 0. The second kappa shape index (κ2) is 4.71. The van der Waals surface area contributed by atoms with Gasteiger partial charge in [0.2, 0.25) is 0 Å². The van der Waals surface area contributed by atoms with Crippen molar-refractivity contribution in [2.45, 2.75) is 12.7 Å². The molecule has 0 bridgehead atoms. The van der Waals surface area contributed by atoms with Crippen LogP contribution in [0.3, 0.4) is 0 Å². The van der Waals surface area contributed by atoms with Gasteiger partial charge in [0.05, 0.1) is 25.5 Å². The molecular formula is C9H10ClFN4O. The summed E-state index contributed by atoms with van der Waals surface area (Å²) < 4.78 is 19.5. The molecule has 7 heteroatoms. The second-order valence-corrected chi connectivity index (χ2v) is 3.67. The lowest BCUT2D eigenvalue weighted by Gasteiger charge is -2.07. The fourth-order valence-corrected chi connectivity index (χ4v) is 1.51. The molecule has 16 heavy (non-hydrogen) atoms. The summed E-state index contributed by atoms with van der Waals surface area (Å²) in [7, 11) is 1.45. The van der Waals surface area contributed by atoms with E-state index in [1.807, 2.05) is 0 Å². The summed E-state index contributed by atoms with van der Waals surface area (Å²) in [4.78, 5) is 8.07. The predicted molar refractivity (Wildman–Crippen MR) is 57.1 cm³/mol. The van der Waals surface area contributed by atoms with E-state index >= 15 is 0 Å². The van der Waals surface area contributed by atoms with E-state index in [9.17, 15) is 4.39 Å². The molecule has 1 atom stereocenters. The molecule has 0 aliphatic heterocycles. The van der Waals surface area contributed by atoms with Crippen LogP contribution in [-0.4, -0.2) is 39.6 Å². The number of hydrogen-bond acceptors (Lipinski definition) is 4. The Hall–Kier alpha value is -1.27. The lowest BCUT2D eigenvalue weighted by Crippen LogP contribution is -2.17. The fourth-order valence-electron chi connectivity index (χ4n) is 1.38. The number of alkyl halides is 1. The Kier molecular flexibility index (Phi) is 3.31. The molecule has 0 saturated heterocycles. The standard InChI is InChI=1S/C9H10ClFN4O/c1-16-5-6(11)4-15-9-7(2-13-15)12-3-8(10)14-9/h2-3,6H,4-5H2,1H3. The minimum atomic E-state index is -1.13. The molecule has 0 aliphatic carbocycles. The van der Waals surface area contributed by atoms with Gasteiger partial charge >= 0.3 is 0 Å². The zero-order chi connectivity index (χ0) is 11.5. The maximum Gasteiger partial charge on any atom is 0.178 e. The Balaban J connectivity index is 2.27. The van der Waals surface area contributed by atoms with E-state index in [1.54, 1.807) is 0 Å². The Morgan fingerprint density at radius 2 is 2.38 bits per heavy atom. The maximum absolute atomic E-state index is 13.3. The van der Waals surface area contributed by atoms with Gasteiger partial charge in [-0.1, -0.05) is 11.6 Å². The zero-order valence-electron chi connectivity index (χ0n) is 8.60. The number of aromatic nitrogens is 4. The molecule has 86 valence electrons. The number of halogens is 2. The van der Waals surface area contributed by atoms with Crippen LogP contribution in [0.4, 0.5) is 4.39 Å². The van der Waals surface area contributed by atoms with Crippen LogP contribution in [0.2, 0.25) is 5.15 Å². The number of methoxy groups -OCH3 is 1. The zero-order valence-corrected chi connectivity index (χ0v) is 9.36. The first-order valence-electron chi connectivity index (χ1n) is 4.68. The highest BCUT2D eigenvalue weighted by Gasteiger charge is 2.12. The number of fused-ring (bicyclic) bond motifs is 1. The van der Waals surface area contributed by atoms with Crippen LogP contribution in [0.5, 0.6) is 0 Å². The molecule has 5 nitrogen and oxygen atoms in total. The van der Waals surface area contributed by atoms with Gasteiger partial charge in [-0.3, -0.25) is 0 Å². The summed E-state index contributed by atoms with van der Waals surface area (Å²) in [6, 6.07) is 0. The van der Waals surface area contributed by atoms with E-state index in [0.717, 1.165) is 0 Å². The van der Waals surface area contributed by atoms with Crippen molar-refractivity contribution in [3.63, 3.8) is 0 Å². The van der Waals surface area contributed by atoms with Crippen LogP contribution < -0.4 is 0 Å². The summed E-state index contributed by atoms with van der Waals surface area (Å²) in [5.41, 5.74) is 1.07. The van der Waals surface area contributed by atoms with E-state index in [4.69, 9.17) is 16.3 Å². The van der Waals surface area contributed by atoms with Crippen LogP contribution in [0.1, 0.15) is 0 Å². The van der Waals surface area contributed by atoms with Gasteiger partial charge < -0.3 is 4.74 Å². The number of hydrogen-bond donors (Lipinski definition) is 0. The van der Waals surface area contributed by atoms with Crippen LogP contribution in [0, 0.1) is 0 Å². The predicted octanol–water partition coefficient (Wildman–Crippen LogP) is 1.46. The molecule has 1 unspecified atom stereocenters. The van der Waals surface area contributed by atoms with Crippen LogP contribution >= 0.6 is 11.6 Å². The molecule has 2 aromatic rings. The van der Waals surface area contributed by atoms with E-state index in [2.05, 4.69) is 15.1 Å². The SMILES string of the molecule is COCC(F)Cn1ncc2ncc(Cl)nc21. The van der Waals surface area contributed by atoms with E-state index in [1.165, 1.54) is 24.2 Å². The molecule has 0 spiro atoms. The maximum atomic E-state index is 13.3. The van der Waals surface area contributed by atoms with Gasteiger partial charge in [-0.25, -0.2) is 19.0 Å². The summed E-state index contributed by atoms with van der Waals surface area (Å²) in [6.45, 7) is 0.0989. The third kappa shape index (κ3) is 2.28. The average Bonchev–Trinajstić information content (AvgIpc) is 2.61. The highest BCUT2D eigenvalue weighted by Crippen LogP contribution is 2.12. The average molecular weight is 245 g/mol. The van der Waals surface area contributed by atoms with Gasteiger partial charge in [0.1, 0.15) is 16.8 Å². The topological polar surface area (TPSA) is 52.8 Å². The molecule has 2 rings (SSSR count). The fraction of sp³-hybridized carbons (Fsp3) is 0.444. The monoisotopic (exact) mass is 244 g/mol. The first-order valence-corrected chi connectivity index (χ1v) is 5.05. The van der Waals surface area contributed by atoms with E-state index < -0.39 is 6.17 Å². The van der Waals surface area contributed by atoms with Crippen molar-refractivity contribution < 1.29 is 9.13 Å². The third-order valence-electron chi connectivity index (χ3n) is 2.03. The summed E-state index contributed by atoms with van der Waals surface area (Å²) in [6.07, 6.45) is 1.82. The molecule has 0 N–H and O–H groups in total. The smallest absolute Gasteiger partial charge is 0.178 e. The number of ether oxygens (including phenoxy) is 1. The van der Waals surface area contributed by atoms with Crippen molar-refractivity contribution in [2.24, 2.45) is 0 Å². The second-order valence-electron chi connectivity index (χ2n) is 3.28. The lowest BCUT2D eigenvalue weighted by molar-refractivity contribution is 0.112. The van der Waals surface area contributed by atoms with Crippen LogP contribution in [0.25, 0.3) is 11.2 Å². The van der Waals surface area contributed by atoms with Crippen molar-refractivity contribution in [1.82, 2.24) is 19.7 Å². The highest BCUT2D eigenvalue weighted by molar-refractivity contribution is 6.29. The number of nitrogens with zero attached hydrogens (tertiary/aromatic N) is 4. The van der Waals surface area contributed by atoms with Gasteiger partial charge in [-0.05, 0) is 0 Å². The van der Waals surface area contributed by atoms with Gasteiger partial charge in [-0.2, -0.15) is 5.10 Å². The molecule has 0 aromatic carbocycles. The minimum absolute atomic E-state index is 0.0232. The highest BCUT2D eigenvalue weighted by atomic mass is 35.5. The normalized spacial score (nSPS) is 13.2. The molecule has 0 radical (unpaired) electrons. The summed E-state index contributed by atoms with van der Waals surface area (Å²) >= 11 is 5.71. The molecule has 0 amide bonds. The lowest BCUT2D eigenvalue weighted by atomic mass is 10.4. The molecule has 0 fully saturated rings. The molecular weight excluding hydrogens is 235 g/mol. The van der Waals surface area contributed by atoms with Crippen LogP contribution in [-0.2, 0) is 11.3 Å². The first kappa shape index (κ1) is 11.2. The van der Waals surface area contributed by atoms with Crippen molar-refractivity contribution in [3.05, 3.63) is 17.5 Å². The number of rotatable bonds is 4. The van der Waals surface area contributed by atoms with Crippen molar-refractivity contribution in [3.8, 4) is 0 Å². The molecule has 2 heterocycles. The van der Waals surface area contributed by atoms with Gasteiger partial charge in [0, 0.05) is 7.11 Å². The first-order chi connectivity index (χ1) is 7.70. The van der Waals surface area contributed by atoms with E-state index in [-0.39, 0.29) is 18.3 Å². The molecule has 0 aliphatic rings. The largest absolute Gasteiger partial charge is 0.382 e. The Morgan fingerprint density at radius 3 is 3.12 bits per heavy atom. The third-order valence-corrected chi connectivity index (χ3v) is 2.22. The Bertz CT molecular complexity index is 489. The quantitative estimate of drug-likeness (QED) is 0.817. The van der Waals surface area contributed by atoms with Crippen LogP contribution in [0.15, 0.2) is 12.4 Å². The van der Waals surface area contributed by atoms with E-state index in [0.29, 0.717) is 11.2 Å². The molecule has 2 aromatic heterocycles. The Morgan fingerprint density at radius 1 is 1.56 bits per heavy atom. The van der Waals surface area contributed by atoms with Gasteiger partial charge in [0.25, 0.3) is 0 Å². The molecule has 0 saturated carbocycles. The van der Waals surface area contributed by atoms with Crippen molar-refractivity contribution in [2.75, 3.05) is 13.7 Å².